The Hall–Kier alpha value is -2.95. The minimum atomic E-state index is 0.0509. The number of aryl methyl sites for hydroxylation is 1. The van der Waals surface area contributed by atoms with Gasteiger partial charge in [0.15, 0.2) is 11.5 Å². The molecule has 3 aromatic rings. The fourth-order valence-electron chi connectivity index (χ4n) is 2.33. The molecule has 0 aliphatic rings. The van der Waals surface area contributed by atoms with Crippen LogP contribution < -0.4 is 10.1 Å². The monoisotopic (exact) mass is 297 g/mol. The van der Waals surface area contributed by atoms with Gasteiger partial charge in [0.1, 0.15) is 16.7 Å². The van der Waals surface area contributed by atoms with Crippen LogP contribution >= 0.6 is 0 Å². The van der Waals surface area contributed by atoms with E-state index in [9.17, 15) is 10.3 Å². The van der Waals surface area contributed by atoms with Crippen molar-refractivity contribution in [3.8, 4) is 22.8 Å². The van der Waals surface area contributed by atoms with Crippen molar-refractivity contribution >= 4 is 11.0 Å². The Morgan fingerprint density at radius 3 is 2.64 bits per heavy atom. The van der Waals surface area contributed by atoms with Crippen LogP contribution in [-0.2, 0) is 0 Å². The van der Waals surface area contributed by atoms with Gasteiger partial charge in [-0.15, -0.1) is 0 Å². The Balaban J connectivity index is 2.27. The molecule has 5 nitrogen and oxygen atoms in total. The number of benzene rings is 2. The van der Waals surface area contributed by atoms with Crippen molar-refractivity contribution in [2.24, 2.45) is 5.16 Å². The SMILES string of the molecule is COc1cc(-c2c/c(=N\O)c3ccc(C)cc3o2)ccc1O. The number of nitrogens with zero attached hydrogens (tertiary/aromatic N) is 1. The van der Waals surface area contributed by atoms with Gasteiger partial charge in [0.25, 0.3) is 0 Å². The summed E-state index contributed by atoms with van der Waals surface area (Å²) < 4.78 is 11.0. The highest BCUT2D eigenvalue weighted by Crippen LogP contribution is 2.32. The van der Waals surface area contributed by atoms with Crippen LogP contribution in [0.1, 0.15) is 5.56 Å². The molecule has 0 bridgehead atoms. The quantitative estimate of drug-likeness (QED) is 0.561. The van der Waals surface area contributed by atoms with Crippen molar-refractivity contribution in [3.63, 3.8) is 0 Å². The first kappa shape index (κ1) is 14.0. The summed E-state index contributed by atoms with van der Waals surface area (Å²) in [5, 5.41) is 23.4. The predicted octanol–water partition coefficient (Wildman–Crippen LogP) is 3.41. The summed E-state index contributed by atoms with van der Waals surface area (Å²) in [6, 6.07) is 12.2. The van der Waals surface area contributed by atoms with E-state index >= 15 is 0 Å². The molecule has 0 spiro atoms. The van der Waals surface area contributed by atoms with E-state index in [2.05, 4.69) is 5.16 Å². The molecule has 0 aliphatic heterocycles. The average molecular weight is 297 g/mol. The number of phenols is 1. The molecule has 0 radical (unpaired) electrons. The van der Waals surface area contributed by atoms with Crippen molar-refractivity contribution in [2.45, 2.75) is 6.92 Å². The molecule has 0 unspecified atom stereocenters. The van der Waals surface area contributed by atoms with E-state index in [1.54, 1.807) is 18.2 Å². The van der Waals surface area contributed by atoms with Crippen LogP contribution in [0.3, 0.4) is 0 Å². The van der Waals surface area contributed by atoms with Gasteiger partial charge < -0.3 is 19.5 Å². The van der Waals surface area contributed by atoms with Gasteiger partial charge in [-0.3, -0.25) is 0 Å². The topological polar surface area (TPSA) is 75.2 Å². The van der Waals surface area contributed by atoms with E-state index in [0.717, 1.165) is 10.9 Å². The maximum Gasteiger partial charge on any atom is 0.161 e. The lowest BCUT2D eigenvalue weighted by molar-refractivity contribution is 0.302. The van der Waals surface area contributed by atoms with Crippen LogP contribution in [0.25, 0.3) is 22.3 Å². The van der Waals surface area contributed by atoms with Crippen molar-refractivity contribution in [1.82, 2.24) is 0 Å². The summed E-state index contributed by atoms with van der Waals surface area (Å²) in [5.41, 5.74) is 2.38. The zero-order chi connectivity index (χ0) is 15.7. The minimum absolute atomic E-state index is 0.0509. The van der Waals surface area contributed by atoms with Crippen molar-refractivity contribution in [3.05, 3.63) is 53.4 Å². The van der Waals surface area contributed by atoms with Crippen molar-refractivity contribution < 1.29 is 19.5 Å². The summed E-state index contributed by atoms with van der Waals surface area (Å²) >= 11 is 0. The maximum atomic E-state index is 9.68. The van der Waals surface area contributed by atoms with Crippen LogP contribution in [0.5, 0.6) is 11.5 Å². The van der Waals surface area contributed by atoms with Gasteiger partial charge >= 0.3 is 0 Å². The number of rotatable bonds is 2. The number of methoxy groups -OCH3 is 1. The third-order valence-corrected chi connectivity index (χ3v) is 3.47. The Morgan fingerprint density at radius 2 is 1.91 bits per heavy atom. The van der Waals surface area contributed by atoms with E-state index in [1.165, 1.54) is 13.2 Å². The highest BCUT2D eigenvalue weighted by molar-refractivity contribution is 5.79. The molecule has 5 heteroatoms. The second-order valence-electron chi connectivity index (χ2n) is 4.98. The third kappa shape index (κ3) is 2.37. The number of phenolic OH excluding ortho intramolecular Hbond substituents is 1. The molecule has 0 amide bonds. The molecule has 1 heterocycles. The second kappa shape index (κ2) is 5.44. The van der Waals surface area contributed by atoms with Crippen molar-refractivity contribution in [2.75, 3.05) is 7.11 Å². The fourth-order valence-corrected chi connectivity index (χ4v) is 2.33. The van der Waals surface area contributed by atoms with Gasteiger partial charge in [-0.2, -0.15) is 0 Å². The maximum absolute atomic E-state index is 9.68. The number of fused-ring (bicyclic) bond motifs is 1. The van der Waals surface area contributed by atoms with Crippen LogP contribution in [0.15, 0.2) is 52.0 Å². The summed E-state index contributed by atoms with van der Waals surface area (Å²) in [6.45, 7) is 1.96. The molecule has 0 saturated heterocycles. The summed E-state index contributed by atoms with van der Waals surface area (Å²) in [5.74, 6) is 0.915. The van der Waals surface area contributed by atoms with E-state index in [1.807, 2.05) is 25.1 Å². The third-order valence-electron chi connectivity index (χ3n) is 3.47. The second-order valence-corrected chi connectivity index (χ2v) is 4.98. The van der Waals surface area contributed by atoms with E-state index < -0.39 is 0 Å². The molecule has 0 aliphatic carbocycles. The first-order valence-electron chi connectivity index (χ1n) is 6.72. The molecule has 0 saturated carbocycles. The first-order chi connectivity index (χ1) is 10.6. The lowest BCUT2D eigenvalue weighted by atomic mass is 10.1. The molecule has 22 heavy (non-hydrogen) atoms. The average Bonchev–Trinajstić information content (AvgIpc) is 2.53. The summed E-state index contributed by atoms with van der Waals surface area (Å²) in [4.78, 5) is 0. The van der Waals surface area contributed by atoms with E-state index in [4.69, 9.17) is 9.15 Å². The fraction of sp³-hybridized carbons (Fsp3) is 0.118. The molecular weight excluding hydrogens is 282 g/mol. The molecular formula is C17H15NO4. The van der Waals surface area contributed by atoms with Crippen LogP contribution in [-0.4, -0.2) is 17.4 Å². The highest BCUT2D eigenvalue weighted by atomic mass is 16.5. The Labute approximate surface area is 126 Å². The molecule has 0 fully saturated rings. The number of hydrogen-bond acceptors (Lipinski definition) is 5. The van der Waals surface area contributed by atoms with Gasteiger partial charge in [-0.1, -0.05) is 11.2 Å². The van der Waals surface area contributed by atoms with Crippen molar-refractivity contribution in [1.29, 1.82) is 0 Å². The Kier molecular flexibility index (Phi) is 3.47. The number of hydrogen-bond donors (Lipinski definition) is 2. The largest absolute Gasteiger partial charge is 0.504 e. The lowest BCUT2D eigenvalue weighted by Gasteiger charge is -2.08. The van der Waals surface area contributed by atoms with Gasteiger partial charge in [-0.25, -0.2) is 0 Å². The van der Waals surface area contributed by atoms with Gasteiger partial charge in [-0.05, 0) is 42.8 Å². The standard InChI is InChI=1S/C17H15NO4/c1-10-3-5-12-13(18-20)9-15(22-16(12)7-10)11-4-6-14(19)17(8-11)21-2/h3-9,19-20H,1-2H3/b18-13+. The van der Waals surface area contributed by atoms with E-state index in [0.29, 0.717) is 28.0 Å². The first-order valence-corrected chi connectivity index (χ1v) is 6.72. The smallest absolute Gasteiger partial charge is 0.161 e. The zero-order valence-electron chi connectivity index (χ0n) is 12.2. The van der Waals surface area contributed by atoms with Crippen LogP contribution in [0.4, 0.5) is 0 Å². The predicted molar refractivity (Wildman–Crippen MR) is 82.0 cm³/mol. The van der Waals surface area contributed by atoms with Crippen LogP contribution in [0.2, 0.25) is 0 Å². The van der Waals surface area contributed by atoms with Gasteiger partial charge in [0.05, 0.1) is 7.11 Å². The number of ether oxygens (including phenoxy) is 1. The summed E-state index contributed by atoms with van der Waals surface area (Å²) in [6.07, 6.45) is 0. The number of aromatic hydroxyl groups is 1. The highest BCUT2D eigenvalue weighted by Gasteiger charge is 2.09. The Morgan fingerprint density at radius 1 is 1.09 bits per heavy atom. The van der Waals surface area contributed by atoms with Gasteiger partial charge in [0, 0.05) is 17.0 Å². The summed E-state index contributed by atoms with van der Waals surface area (Å²) in [7, 11) is 1.48. The molecule has 2 aromatic carbocycles. The lowest BCUT2D eigenvalue weighted by Crippen LogP contribution is -2.03. The zero-order valence-corrected chi connectivity index (χ0v) is 12.2. The molecule has 2 N–H and O–H groups in total. The van der Waals surface area contributed by atoms with E-state index in [-0.39, 0.29) is 5.75 Å². The minimum Gasteiger partial charge on any atom is -0.504 e. The molecule has 1 aromatic heterocycles. The molecule has 3 rings (SSSR count). The molecule has 112 valence electrons. The molecule has 0 atom stereocenters. The van der Waals surface area contributed by atoms with Gasteiger partial charge in [0.2, 0.25) is 0 Å². The normalized spacial score (nSPS) is 11.8. The van der Waals surface area contributed by atoms with Crippen LogP contribution in [0, 0.1) is 6.92 Å². The Bertz CT molecular complexity index is 912.